The fraction of sp³-hybridized carbons (Fsp3) is 0.312. The van der Waals surface area contributed by atoms with Crippen LogP contribution < -0.4 is 10.6 Å². The molecule has 7 amide bonds. The number of carbonyl (C=O) groups excluding carboxylic acids is 5. The lowest BCUT2D eigenvalue weighted by atomic mass is 10.2. The van der Waals surface area contributed by atoms with Crippen LogP contribution in [-0.4, -0.2) is 52.2 Å². The number of hydrogen-bond acceptors (Lipinski definition) is 5. The number of nitrogens with one attached hydrogen (secondary N) is 2. The van der Waals surface area contributed by atoms with Crippen LogP contribution in [0.2, 0.25) is 0 Å². The summed E-state index contributed by atoms with van der Waals surface area (Å²) >= 11 is 0. The van der Waals surface area contributed by atoms with E-state index in [9.17, 15) is 24.0 Å². The van der Waals surface area contributed by atoms with E-state index in [4.69, 9.17) is 0 Å². The first-order chi connectivity index (χ1) is 11.8. The molecule has 9 heteroatoms. The van der Waals surface area contributed by atoms with Crippen LogP contribution in [0.1, 0.15) is 19.4 Å². The van der Waals surface area contributed by atoms with Gasteiger partial charge < -0.3 is 5.32 Å². The molecule has 0 saturated carbocycles. The van der Waals surface area contributed by atoms with E-state index in [1.165, 1.54) is 0 Å². The molecule has 0 aliphatic carbocycles. The van der Waals surface area contributed by atoms with Crippen LogP contribution in [0.5, 0.6) is 0 Å². The molecule has 1 aliphatic rings. The second kappa shape index (κ2) is 7.56. The molecule has 0 bridgehead atoms. The van der Waals surface area contributed by atoms with Crippen molar-refractivity contribution in [3.63, 3.8) is 0 Å². The molecule has 0 atom stereocenters. The maximum Gasteiger partial charge on any atom is 0.335 e. The van der Waals surface area contributed by atoms with Crippen molar-refractivity contribution in [2.45, 2.75) is 26.4 Å². The van der Waals surface area contributed by atoms with E-state index in [1.807, 2.05) is 5.32 Å². The maximum absolute atomic E-state index is 12.3. The minimum absolute atomic E-state index is 0.0732. The minimum Gasteiger partial charge on any atom is -0.336 e. The standard InChI is InChI=1S/C16H18N4O5/c1-10(2)17-15(24)18-12(21)9-20-14(23)13(22)19(16(20)25)8-11-6-4-3-5-7-11/h3-7,10H,8-9H2,1-2H3,(H2,17,18,21,24). The number of amides is 7. The van der Waals surface area contributed by atoms with Crippen molar-refractivity contribution in [2.75, 3.05) is 6.54 Å². The van der Waals surface area contributed by atoms with Crippen molar-refractivity contribution in [1.82, 2.24) is 20.4 Å². The summed E-state index contributed by atoms with van der Waals surface area (Å²) in [5, 5.41) is 4.43. The highest BCUT2D eigenvalue weighted by Gasteiger charge is 2.45. The zero-order valence-electron chi connectivity index (χ0n) is 13.8. The Bertz CT molecular complexity index is 716. The van der Waals surface area contributed by atoms with E-state index in [1.54, 1.807) is 44.2 Å². The fourth-order valence-corrected chi connectivity index (χ4v) is 2.20. The van der Waals surface area contributed by atoms with Gasteiger partial charge in [0, 0.05) is 6.04 Å². The van der Waals surface area contributed by atoms with Crippen molar-refractivity contribution in [1.29, 1.82) is 0 Å². The van der Waals surface area contributed by atoms with Crippen LogP contribution in [0.25, 0.3) is 0 Å². The molecule has 1 aliphatic heterocycles. The maximum atomic E-state index is 12.3. The highest BCUT2D eigenvalue weighted by molar-refractivity contribution is 6.45. The van der Waals surface area contributed by atoms with Crippen LogP contribution in [0, 0.1) is 0 Å². The van der Waals surface area contributed by atoms with Gasteiger partial charge in [-0.3, -0.25) is 24.6 Å². The van der Waals surface area contributed by atoms with Crippen LogP contribution >= 0.6 is 0 Å². The first-order valence-electron chi connectivity index (χ1n) is 7.61. The second-order valence-electron chi connectivity index (χ2n) is 5.73. The Morgan fingerprint density at radius 2 is 1.60 bits per heavy atom. The van der Waals surface area contributed by atoms with E-state index >= 15 is 0 Å². The number of carbonyl (C=O) groups is 5. The molecular formula is C16H18N4O5. The van der Waals surface area contributed by atoms with Crippen LogP contribution in [0.4, 0.5) is 9.59 Å². The molecule has 1 fully saturated rings. The van der Waals surface area contributed by atoms with Crippen molar-refractivity contribution in [3.8, 4) is 0 Å². The number of rotatable bonds is 5. The SMILES string of the molecule is CC(C)NC(=O)NC(=O)CN1C(=O)C(=O)N(Cc2ccccc2)C1=O. The third-order valence-corrected chi connectivity index (χ3v) is 3.29. The van der Waals surface area contributed by atoms with Gasteiger partial charge in [0.2, 0.25) is 5.91 Å². The van der Waals surface area contributed by atoms with E-state index in [0.29, 0.717) is 10.5 Å². The Morgan fingerprint density at radius 1 is 1.00 bits per heavy atom. The monoisotopic (exact) mass is 346 g/mol. The fourth-order valence-electron chi connectivity index (χ4n) is 2.20. The summed E-state index contributed by atoms with van der Waals surface area (Å²) in [4.78, 5) is 60.7. The molecule has 1 heterocycles. The van der Waals surface area contributed by atoms with Crippen molar-refractivity contribution >= 4 is 29.8 Å². The molecule has 1 aromatic rings. The van der Waals surface area contributed by atoms with Crippen LogP contribution in [0.15, 0.2) is 30.3 Å². The number of benzene rings is 1. The zero-order chi connectivity index (χ0) is 18.6. The quantitative estimate of drug-likeness (QED) is 0.584. The average Bonchev–Trinajstić information content (AvgIpc) is 2.73. The summed E-state index contributed by atoms with van der Waals surface area (Å²) < 4.78 is 0. The Kier molecular flexibility index (Phi) is 5.48. The normalized spacial score (nSPS) is 14.3. The molecule has 0 radical (unpaired) electrons. The molecule has 132 valence electrons. The summed E-state index contributed by atoms with van der Waals surface area (Å²) in [5.41, 5.74) is 0.666. The summed E-state index contributed by atoms with van der Waals surface area (Å²) in [6, 6.07) is 6.84. The Hall–Kier alpha value is -3.23. The lowest BCUT2D eigenvalue weighted by molar-refractivity contribution is -0.144. The van der Waals surface area contributed by atoms with Gasteiger partial charge in [0.05, 0.1) is 6.54 Å². The number of imide groups is 3. The van der Waals surface area contributed by atoms with Gasteiger partial charge in [-0.25, -0.2) is 14.5 Å². The molecule has 1 saturated heterocycles. The topological polar surface area (TPSA) is 116 Å². The average molecular weight is 346 g/mol. The molecule has 2 N–H and O–H groups in total. The predicted molar refractivity (Wildman–Crippen MR) is 85.9 cm³/mol. The Balaban J connectivity index is 2.01. The largest absolute Gasteiger partial charge is 0.336 e. The molecule has 0 aromatic heterocycles. The van der Waals surface area contributed by atoms with Gasteiger partial charge >= 0.3 is 23.9 Å². The van der Waals surface area contributed by atoms with E-state index in [0.717, 1.165) is 4.90 Å². The van der Waals surface area contributed by atoms with Gasteiger partial charge in [-0.2, -0.15) is 0 Å². The van der Waals surface area contributed by atoms with E-state index in [-0.39, 0.29) is 12.6 Å². The van der Waals surface area contributed by atoms with Crippen molar-refractivity contribution in [2.24, 2.45) is 0 Å². The van der Waals surface area contributed by atoms with Crippen molar-refractivity contribution in [3.05, 3.63) is 35.9 Å². The molecular weight excluding hydrogens is 328 g/mol. The second-order valence-corrected chi connectivity index (χ2v) is 5.73. The van der Waals surface area contributed by atoms with Gasteiger partial charge in [-0.1, -0.05) is 30.3 Å². The van der Waals surface area contributed by atoms with Gasteiger partial charge in [0.15, 0.2) is 0 Å². The Labute approximate surface area is 144 Å². The van der Waals surface area contributed by atoms with Gasteiger partial charge in [0.1, 0.15) is 6.54 Å². The highest BCUT2D eigenvalue weighted by Crippen LogP contribution is 2.15. The number of nitrogens with zero attached hydrogens (tertiary/aromatic N) is 2. The van der Waals surface area contributed by atoms with E-state index in [2.05, 4.69) is 5.32 Å². The molecule has 9 nitrogen and oxygen atoms in total. The first-order valence-corrected chi connectivity index (χ1v) is 7.61. The third-order valence-electron chi connectivity index (χ3n) is 3.29. The van der Waals surface area contributed by atoms with Crippen molar-refractivity contribution < 1.29 is 24.0 Å². The summed E-state index contributed by atoms with van der Waals surface area (Å²) in [6.45, 7) is 2.63. The van der Waals surface area contributed by atoms with Crippen LogP contribution in [0.3, 0.4) is 0 Å². The summed E-state index contributed by atoms with van der Waals surface area (Å²) in [7, 11) is 0. The van der Waals surface area contributed by atoms with Gasteiger partial charge in [-0.15, -0.1) is 0 Å². The zero-order valence-corrected chi connectivity index (χ0v) is 13.8. The lowest BCUT2D eigenvalue weighted by Gasteiger charge is -2.15. The van der Waals surface area contributed by atoms with Gasteiger partial charge in [-0.05, 0) is 19.4 Å². The molecule has 25 heavy (non-hydrogen) atoms. The summed E-state index contributed by atoms with van der Waals surface area (Å²) in [6.07, 6.45) is 0. The highest BCUT2D eigenvalue weighted by atomic mass is 16.2. The lowest BCUT2D eigenvalue weighted by Crippen LogP contribution is -2.47. The molecule has 1 aromatic carbocycles. The predicted octanol–water partition coefficient (Wildman–Crippen LogP) is 0.212. The minimum atomic E-state index is -1.10. The number of urea groups is 2. The molecule has 2 rings (SSSR count). The van der Waals surface area contributed by atoms with E-state index < -0.39 is 36.3 Å². The first kappa shape index (κ1) is 18.1. The van der Waals surface area contributed by atoms with Crippen LogP contribution in [-0.2, 0) is 20.9 Å². The summed E-state index contributed by atoms with van der Waals surface area (Å²) in [5.74, 6) is -2.97. The molecule has 0 unspecified atom stereocenters. The number of hydrogen-bond donors (Lipinski definition) is 2. The van der Waals surface area contributed by atoms with Gasteiger partial charge in [0.25, 0.3) is 0 Å². The smallest absolute Gasteiger partial charge is 0.335 e. The third kappa shape index (κ3) is 4.40. The Morgan fingerprint density at radius 3 is 2.20 bits per heavy atom. The molecule has 0 spiro atoms.